The molecule has 0 saturated carbocycles. The summed E-state index contributed by atoms with van der Waals surface area (Å²) in [5.41, 5.74) is 2.08. The van der Waals surface area contributed by atoms with Gasteiger partial charge in [0.2, 0.25) is 0 Å². The number of Topliss-reactive ketones (excluding diaryl/α,β-unsaturated/α-hetero) is 1. The molecule has 0 aliphatic heterocycles. The first-order valence-electron chi connectivity index (χ1n) is 7.40. The third-order valence-electron chi connectivity index (χ3n) is 3.64. The molecule has 2 aromatic heterocycles. The molecule has 0 bridgehead atoms. The molecular weight excluding hydrogens is 324 g/mol. The van der Waals surface area contributed by atoms with E-state index in [4.69, 9.17) is 0 Å². The van der Waals surface area contributed by atoms with E-state index >= 15 is 0 Å². The molecular formula is C18H18N2OS2. The molecule has 1 aromatic carbocycles. The number of carbonyl (C=O) groups is 1. The Morgan fingerprint density at radius 3 is 2.57 bits per heavy atom. The van der Waals surface area contributed by atoms with Crippen LogP contribution >= 0.6 is 23.1 Å². The van der Waals surface area contributed by atoms with Crippen molar-refractivity contribution >= 4 is 39.1 Å². The minimum absolute atomic E-state index is 0.0990. The van der Waals surface area contributed by atoms with Crippen LogP contribution in [0.3, 0.4) is 0 Å². The maximum Gasteiger partial charge on any atom is 0.173 e. The fraction of sp³-hybridized carbons (Fsp3) is 0.278. The summed E-state index contributed by atoms with van der Waals surface area (Å²) in [6.45, 7) is 6.50. The number of aromatic nitrogens is 2. The zero-order valence-electron chi connectivity index (χ0n) is 13.4. The minimum atomic E-state index is 0.0990. The van der Waals surface area contributed by atoms with Crippen molar-refractivity contribution in [3.63, 3.8) is 0 Å². The van der Waals surface area contributed by atoms with Gasteiger partial charge in [0.05, 0.1) is 5.75 Å². The number of thioether (sulfide) groups is 1. The number of rotatable bonds is 4. The van der Waals surface area contributed by atoms with Crippen LogP contribution in [0.4, 0.5) is 0 Å². The summed E-state index contributed by atoms with van der Waals surface area (Å²) in [7, 11) is 0. The summed E-state index contributed by atoms with van der Waals surface area (Å²) in [6, 6.07) is 9.93. The topological polar surface area (TPSA) is 42.9 Å². The molecule has 0 spiro atoms. The second kappa shape index (κ2) is 6.42. The van der Waals surface area contributed by atoms with Crippen molar-refractivity contribution in [2.75, 3.05) is 5.75 Å². The number of carbonyl (C=O) groups excluding carboxylic acids is 1. The lowest BCUT2D eigenvalue weighted by atomic mass is 9.86. The predicted octanol–water partition coefficient (Wildman–Crippen LogP) is 4.96. The van der Waals surface area contributed by atoms with Crippen LogP contribution in [0.5, 0.6) is 0 Å². The molecule has 23 heavy (non-hydrogen) atoms. The normalized spacial score (nSPS) is 11.8. The monoisotopic (exact) mass is 342 g/mol. The van der Waals surface area contributed by atoms with Crippen molar-refractivity contribution in [3.05, 3.63) is 53.2 Å². The highest BCUT2D eigenvalue weighted by molar-refractivity contribution is 8.00. The zero-order valence-corrected chi connectivity index (χ0v) is 15.0. The van der Waals surface area contributed by atoms with Crippen molar-refractivity contribution in [3.8, 4) is 0 Å². The van der Waals surface area contributed by atoms with Crippen molar-refractivity contribution in [1.29, 1.82) is 0 Å². The molecule has 0 fully saturated rings. The number of thiophene rings is 1. The summed E-state index contributed by atoms with van der Waals surface area (Å²) in [6.07, 6.45) is 1.56. The highest BCUT2D eigenvalue weighted by atomic mass is 32.2. The van der Waals surface area contributed by atoms with Crippen LogP contribution in [0.15, 0.2) is 47.1 Å². The average Bonchev–Trinajstić information content (AvgIpc) is 3.01. The van der Waals surface area contributed by atoms with Crippen LogP contribution in [0.2, 0.25) is 0 Å². The van der Waals surface area contributed by atoms with Crippen LogP contribution in [0.25, 0.3) is 10.2 Å². The number of benzene rings is 1. The Bertz CT molecular complexity index is 832. The van der Waals surface area contributed by atoms with Crippen LogP contribution in [-0.2, 0) is 5.41 Å². The maximum absolute atomic E-state index is 12.4. The molecule has 118 valence electrons. The lowest BCUT2D eigenvalue weighted by Crippen LogP contribution is -2.11. The predicted molar refractivity (Wildman–Crippen MR) is 97.6 cm³/mol. The lowest BCUT2D eigenvalue weighted by molar-refractivity contribution is 0.102. The third-order valence-corrected chi connectivity index (χ3v) is 5.46. The Morgan fingerprint density at radius 1 is 1.13 bits per heavy atom. The van der Waals surface area contributed by atoms with E-state index in [0.717, 1.165) is 20.8 Å². The quantitative estimate of drug-likeness (QED) is 0.382. The summed E-state index contributed by atoms with van der Waals surface area (Å²) in [5.74, 6) is 0.508. The smallest absolute Gasteiger partial charge is 0.173 e. The second-order valence-electron chi connectivity index (χ2n) is 6.36. The summed E-state index contributed by atoms with van der Waals surface area (Å²) < 4.78 is 0. The van der Waals surface area contributed by atoms with Gasteiger partial charge in [-0.1, -0.05) is 56.8 Å². The van der Waals surface area contributed by atoms with Crippen molar-refractivity contribution in [2.24, 2.45) is 0 Å². The lowest BCUT2D eigenvalue weighted by Gasteiger charge is -2.18. The molecule has 2 heterocycles. The van der Waals surface area contributed by atoms with Gasteiger partial charge in [0.15, 0.2) is 5.78 Å². The van der Waals surface area contributed by atoms with E-state index in [1.807, 2.05) is 35.7 Å². The first kappa shape index (κ1) is 16.1. The van der Waals surface area contributed by atoms with Gasteiger partial charge in [0, 0.05) is 10.9 Å². The first-order valence-corrected chi connectivity index (χ1v) is 9.26. The Hall–Kier alpha value is -1.72. The largest absolute Gasteiger partial charge is 0.293 e. The number of hydrogen-bond acceptors (Lipinski definition) is 5. The number of nitrogens with zero attached hydrogens (tertiary/aromatic N) is 2. The van der Waals surface area contributed by atoms with Crippen molar-refractivity contribution in [2.45, 2.75) is 31.2 Å². The second-order valence-corrected chi connectivity index (χ2v) is 8.22. The van der Waals surface area contributed by atoms with E-state index in [0.29, 0.717) is 5.75 Å². The minimum Gasteiger partial charge on any atom is -0.293 e. The standard InChI is InChI=1S/C18H18N2OS2/c1-18(2,3)13-6-4-12(5-7-13)15(21)10-23-17-14-8-9-22-16(14)19-11-20-17/h4-9,11H,10H2,1-3H3. The molecule has 0 unspecified atom stereocenters. The SMILES string of the molecule is CC(C)(C)c1ccc(C(=O)CSc2ncnc3sccc23)cc1. The van der Waals surface area contributed by atoms with Gasteiger partial charge in [0.25, 0.3) is 0 Å². The summed E-state index contributed by atoms with van der Waals surface area (Å²) in [4.78, 5) is 21.9. The Kier molecular flexibility index (Phi) is 4.50. The average molecular weight is 342 g/mol. The van der Waals surface area contributed by atoms with E-state index in [2.05, 4.69) is 30.7 Å². The van der Waals surface area contributed by atoms with E-state index in [1.54, 1.807) is 17.7 Å². The van der Waals surface area contributed by atoms with Crippen LogP contribution in [-0.4, -0.2) is 21.5 Å². The van der Waals surface area contributed by atoms with Gasteiger partial charge in [-0.15, -0.1) is 11.3 Å². The fourth-order valence-corrected chi connectivity index (χ4v) is 3.93. The molecule has 3 aromatic rings. The van der Waals surface area contributed by atoms with Gasteiger partial charge in [-0.25, -0.2) is 9.97 Å². The Morgan fingerprint density at radius 2 is 1.87 bits per heavy atom. The van der Waals surface area contributed by atoms with Gasteiger partial charge >= 0.3 is 0 Å². The van der Waals surface area contributed by atoms with E-state index < -0.39 is 0 Å². The maximum atomic E-state index is 12.4. The Labute approximate surface area is 144 Å². The highest BCUT2D eigenvalue weighted by Crippen LogP contribution is 2.28. The fourth-order valence-electron chi connectivity index (χ4n) is 2.26. The summed E-state index contributed by atoms with van der Waals surface area (Å²) in [5, 5.41) is 3.89. The van der Waals surface area contributed by atoms with Crippen LogP contribution in [0.1, 0.15) is 36.7 Å². The highest BCUT2D eigenvalue weighted by Gasteiger charge is 2.15. The van der Waals surface area contributed by atoms with Crippen LogP contribution < -0.4 is 0 Å². The molecule has 0 atom stereocenters. The van der Waals surface area contributed by atoms with Gasteiger partial charge in [-0.3, -0.25) is 4.79 Å². The first-order chi connectivity index (χ1) is 10.9. The van der Waals surface area contributed by atoms with Gasteiger partial charge in [-0.05, 0) is 22.4 Å². The Balaban J connectivity index is 1.71. The molecule has 0 radical (unpaired) electrons. The van der Waals surface area contributed by atoms with Crippen molar-refractivity contribution < 1.29 is 4.79 Å². The van der Waals surface area contributed by atoms with E-state index in [1.165, 1.54) is 17.3 Å². The number of hydrogen-bond donors (Lipinski definition) is 0. The molecule has 0 saturated heterocycles. The molecule has 3 nitrogen and oxygen atoms in total. The van der Waals surface area contributed by atoms with Gasteiger partial charge in [-0.2, -0.15) is 0 Å². The van der Waals surface area contributed by atoms with Crippen LogP contribution in [0, 0.1) is 0 Å². The molecule has 0 amide bonds. The molecule has 0 aliphatic carbocycles. The molecule has 0 aliphatic rings. The zero-order chi connectivity index (χ0) is 16.4. The van der Waals surface area contributed by atoms with Crippen molar-refractivity contribution in [1.82, 2.24) is 9.97 Å². The number of fused-ring (bicyclic) bond motifs is 1. The van der Waals surface area contributed by atoms with E-state index in [-0.39, 0.29) is 11.2 Å². The molecule has 3 rings (SSSR count). The molecule has 0 N–H and O–H groups in total. The van der Waals surface area contributed by atoms with E-state index in [9.17, 15) is 4.79 Å². The van der Waals surface area contributed by atoms with Gasteiger partial charge < -0.3 is 0 Å². The van der Waals surface area contributed by atoms with Gasteiger partial charge in [0.1, 0.15) is 16.2 Å². The third kappa shape index (κ3) is 3.62. The molecule has 5 heteroatoms. The number of ketones is 1. The summed E-state index contributed by atoms with van der Waals surface area (Å²) >= 11 is 3.06.